The van der Waals surface area contributed by atoms with Crippen LogP contribution < -0.4 is 0 Å². The standard InChI is InChI=1S/C33H48O8.C19H40O6.C7H6O2.C5H12O.CH4O3S/c1-3-24(34)7-5-9-29-21-30(40-33(39-29)23-13-17-26(36)18-14-23)10-6-8-27(37)19-31-20-28(4-2)38-32(41-31)22-11-15-25(35)16-12-22;1-3-14(20)7-5-8-16(22)12-17(23)9-6-10-18(24)13-19(25)11-15(21)4-2;8-5-6-1-3-7(9)4-2-6;1-5(2,3)6-4;1-5(2,3)4/h11-18,24,27-37H,3-10,19-21H2,1-2H3;14-25H,3-13H2,1-2H3;1-5,9H;1-4H3;1H3,(H,2,3,4). The van der Waals surface area contributed by atoms with Crippen molar-refractivity contribution in [2.24, 2.45) is 0 Å². The number of carbonyl (C=O) groups excluding carboxylic acids is 1. The van der Waals surface area contributed by atoms with Gasteiger partial charge in [-0.25, -0.2) is 0 Å². The lowest BCUT2D eigenvalue weighted by Crippen LogP contribution is -2.36. The second-order valence-electron chi connectivity index (χ2n) is 23.6. The molecule has 86 heavy (non-hydrogen) atoms. The quantitative estimate of drug-likeness (QED) is 0.0210. The number of phenols is 3. The fourth-order valence-corrected chi connectivity index (χ4v) is 9.22. The number of aromatic hydroxyl groups is 3. The summed E-state index contributed by atoms with van der Waals surface area (Å²) in [5.74, 6) is 0.585. The van der Waals surface area contributed by atoms with E-state index < -0.39 is 59.3 Å². The van der Waals surface area contributed by atoms with E-state index in [9.17, 15) is 64.3 Å². The number of hydrogen-bond donors (Lipinski definition) is 12. The van der Waals surface area contributed by atoms with Crippen molar-refractivity contribution >= 4 is 16.4 Å². The Kier molecular flexibility index (Phi) is 41.5. The molecule has 5 rings (SSSR count). The molecule has 0 saturated carbocycles. The Bertz CT molecular complexity index is 2240. The molecule has 20 nitrogen and oxygen atoms in total. The third kappa shape index (κ3) is 40.6. The summed E-state index contributed by atoms with van der Waals surface area (Å²) in [6.07, 6.45) is 10.4. The topological polar surface area (TPSA) is 340 Å². The molecule has 12 N–H and O–H groups in total. The zero-order valence-corrected chi connectivity index (χ0v) is 53.5. The summed E-state index contributed by atoms with van der Waals surface area (Å²) in [7, 11) is -1.96. The van der Waals surface area contributed by atoms with E-state index in [2.05, 4.69) is 6.92 Å². The fraction of sp³-hybridized carbons (Fsp3) is 0.708. The van der Waals surface area contributed by atoms with Gasteiger partial charge in [-0.3, -0.25) is 9.35 Å². The van der Waals surface area contributed by atoms with Gasteiger partial charge in [0.05, 0.1) is 85.1 Å². The Labute approximate surface area is 513 Å². The lowest BCUT2D eigenvalue weighted by atomic mass is 9.96. The minimum Gasteiger partial charge on any atom is -0.508 e. The van der Waals surface area contributed by atoms with E-state index >= 15 is 0 Å². The van der Waals surface area contributed by atoms with Crippen LogP contribution >= 0.6 is 0 Å². The maximum atomic E-state index is 10.9. The fourth-order valence-electron chi connectivity index (χ4n) is 9.22. The number of aldehydes is 1. The lowest BCUT2D eigenvalue weighted by Gasteiger charge is -2.37. The van der Waals surface area contributed by atoms with Crippen LogP contribution in [0.1, 0.15) is 224 Å². The molecule has 0 spiro atoms. The lowest BCUT2D eigenvalue weighted by molar-refractivity contribution is -0.253. The molecule has 496 valence electrons. The predicted octanol–water partition coefficient (Wildman–Crippen LogP) is 10.0. The summed E-state index contributed by atoms with van der Waals surface area (Å²) in [6.45, 7) is 13.9. The summed E-state index contributed by atoms with van der Waals surface area (Å²) in [5.41, 5.74) is 2.35. The first-order valence-corrected chi connectivity index (χ1v) is 32.7. The number of methoxy groups -OCH3 is 1. The van der Waals surface area contributed by atoms with E-state index in [4.69, 9.17) is 33.3 Å². The summed E-state index contributed by atoms with van der Waals surface area (Å²) < 4.78 is 55.7. The summed E-state index contributed by atoms with van der Waals surface area (Å²) in [6, 6.07) is 19.9. The SMILES string of the molecule is CCC(O)CCCC(O)CC(O)CCCC(O)CC(O)CC(O)CC.CCC(O)CCCC1CC(CCCC(O)CC2CC(CC)OC(c3ccc(O)cc3)O2)OC(c2ccc(O)cc2)O1.COC(C)(C)C.CS(=O)(=O)O.O=Cc1ccc(O)cc1. The zero-order valence-electron chi connectivity index (χ0n) is 52.7. The highest BCUT2D eigenvalue weighted by molar-refractivity contribution is 7.85. The van der Waals surface area contributed by atoms with Crippen LogP contribution in [-0.4, -0.2) is 168 Å². The van der Waals surface area contributed by atoms with Crippen LogP contribution in [-0.2, 0) is 33.8 Å². The molecule has 14 atom stereocenters. The van der Waals surface area contributed by atoms with Gasteiger partial charge in [0.2, 0.25) is 0 Å². The largest absolute Gasteiger partial charge is 0.508 e. The highest BCUT2D eigenvalue weighted by Crippen LogP contribution is 2.36. The van der Waals surface area contributed by atoms with E-state index in [0.717, 1.165) is 81.6 Å². The van der Waals surface area contributed by atoms with Crippen molar-refractivity contribution in [3.8, 4) is 17.2 Å². The summed E-state index contributed by atoms with van der Waals surface area (Å²) in [4.78, 5) is 10.0. The van der Waals surface area contributed by atoms with Gasteiger partial charge in [0.1, 0.15) is 23.5 Å². The van der Waals surface area contributed by atoms with Gasteiger partial charge in [0.25, 0.3) is 10.1 Å². The monoisotopic (exact) mass is 1240 g/mol. The molecule has 0 aliphatic carbocycles. The number of phenolic OH excluding ortho intramolecular Hbond substituents is 3. The number of ether oxygens (including phenoxy) is 5. The van der Waals surface area contributed by atoms with E-state index in [1.54, 1.807) is 43.5 Å². The van der Waals surface area contributed by atoms with E-state index in [-0.39, 0.29) is 72.3 Å². The Hall–Kier alpha value is -3.88. The van der Waals surface area contributed by atoms with Gasteiger partial charge in [0, 0.05) is 36.6 Å². The summed E-state index contributed by atoms with van der Waals surface area (Å²) in [5, 5.41) is 107. The molecule has 2 heterocycles. The third-order valence-corrected chi connectivity index (χ3v) is 14.6. The molecule has 21 heteroatoms. The number of aliphatic hydroxyl groups is 8. The number of aliphatic hydroxyl groups excluding tert-OH is 8. The first-order chi connectivity index (χ1) is 40.5. The van der Waals surface area contributed by atoms with Gasteiger partial charge >= 0.3 is 0 Å². The molecule has 2 aliphatic rings. The van der Waals surface area contributed by atoms with Crippen LogP contribution in [0.2, 0.25) is 0 Å². The average molecular weight is 1240 g/mol. The maximum Gasteiger partial charge on any atom is 0.261 e. The predicted molar refractivity (Wildman–Crippen MR) is 331 cm³/mol. The molecule has 2 saturated heterocycles. The maximum absolute atomic E-state index is 10.9. The Balaban J connectivity index is 0.000000688. The van der Waals surface area contributed by atoms with Crippen LogP contribution in [0.25, 0.3) is 0 Å². The molecule has 0 radical (unpaired) electrons. The minimum absolute atomic E-state index is 0.00136. The molecule has 3 aromatic rings. The van der Waals surface area contributed by atoms with Gasteiger partial charge < -0.3 is 79.9 Å². The molecule has 3 aromatic carbocycles. The third-order valence-electron chi connectivity index (χ3n) is 14.6. The first kappa shape index (κ1) is 80.1. The second kappa shape index (κ2) is 44.5. The smallest absolute Gasteiger partial charge is 0.261 e. The second-order valence-corrected chi connectivity index (χ2v) is 25.1. The van der Waals surface area contributed by atoms with Crippen LogP contribution in [0.4, 0.5) is 0 Å². The van der Waals surface area contributed by atoms with Gasteiger partial charge in [-0.15, -0.1) is 0 Å². The molecule has 2 fully saturated rings. The van der Waals surface area contributed by atoms with Gasteiger partial charge in [0.15, 0.2) is 12.6 Å². The first-order valence-electron chi connectivity index (χ1n) is 30.9. The Morgan fingerprint density at radius 3 is 1.19 bits per heavy atom. The number of carbonyl (C=O) groups is 1. The number of hydrogen-bond acceptors (Lipinski definition) is 19. The molecular formula is C65H110O20S. The highest BCUT2D eigenvalue weighted by atomic mass is 32.2. The van der Waals surface area contributed by atoms with Crippen molar-refractivity contribution in [1.29, 1.82) is 0 Å². The minimum atomic E-state index is -3.67. The van der Waals surface area contributed by atoms with E-state index in [0.29, 0.717) is 76.0 Å². The molecule has 0 bridgehead atoms. The average Bonchev–Trinajstić information content (AvgIpc) is 2.62. The van der Waals surface area contributed by atoms with Crippen molar-refractivity contribution in [2.75, 3.05) is 13.4 Å². The number of rotatable bonds is 31. The van der Waals surface area contributed by atoms with Gasteiger partial charge in [-0.05, 0) is 198 Å². The molecule has 2 aliphatic heterocycles. The zero-order chi connectivity index (χ0) is 64.8. The van der Waals surface area contributed by atoms with Crippen molar-refractivity contribution in [3.63, 3.8) is 0 Å². The highest BCUT2D eigenvalue weighted by Gasteiger charge is 2.33. The molecule has 14 unspecified atom stereocenters. The van der Waals surface area contributed by atoms with Crippen LogP contribution in [0.5, 0.6) is 17.2 Å². The Morgan fingerprint density at radius 1 is 0.500 bits per heavy atom. The number of benzene rings is 3. The van der Waals surface area contributed by atoms with Gasteiger partial charge in [-0.2, -0.15) is 8.42 Å². The molecule has 0 amide bonds. The van der Waals surface area contributed by atoms with Crippen LogP contribution in [0, 0.1) is 0 Å². The van der Waals surface area contributed by atoms with E-state index in [1.807, 2.05) is 65.8 Å². The van der Waals surface area contributed by atoms with Crippen molar-refractivity contribution in [2.45, 2.75) is 281 Å². The van der Waals surface area contributed by atoms with E-state index in [1.165, 1.54) is 12.1 Å². The Morgan fingerprint density at radius 2 is 0.814 bits per heavy atom. The molecule has 0 aromatic heterocycles. The summed E-state index contributed by atoms with van der Waals surface area (Å²) >= 11 is 0. The van der Waals surface area contributed by atoms with Crippen LogP contribution in [0.15, 0.2) is 72.8 Å². The van der Waals surface area contributed by atoms with Gasteiger partial charge in [-0.1, -0.05) is 52.0 Å². The van der Waals surface area contributed by atoms with Crippen molar-refractivity contribution < 1.29 is 97.6 Å². The van der Waals surface area contributed by atoms with Crippen molar-refractivity contribution in [3.05, 3.63) is 89.5 Å². The molecular weight excluding hydrogens is 1130 g/mol. The van der Waals surface area contributed by atoms with Crippen molar-refractivity contribution in [1.82, 2.24) is 0 Å². The van der Waals surface area contributed by atoms with Crippen LogP contribution in [0.3, 0.4) is 0 Å². The normalized spacial score (nSPS) is 21.5.